The number of hydrogen-bond acceptors (Lipinski definition) is 6. The zero-order chi connectivity index (χ0) is 28.2. The van der Waals surface area contributed by atoms with Crippen molar-refractivity contribution in [2.24, 2.45) is 0 Å². The van der Waals surface area contributed by atoms with Crippen LogP contribution in [0.15, 0.2) is 72.3 Å². The molecule has 40 heavy (non-hydrogen) atoms. The molecule has 2 heterocycles. The van der Waals surface area contributed by atoms with Crippen LogP contribution >= 0.6 is 0 Å². The summed E-state index contributed by atoms with van der Waals surface area (Å²) in [5, 5.41) is 11.5. The van der Waals surface area contributed by atoms with Crippen LogP contribution in [0.1, 0.15) is 55.0 Å². The number of carbonyl (C=O) groups is 2. The highest BCUT2D eigenvalue weighted by atomic mass is 16.5. The van der Waals surface area contributed by atoms with Gasteiger partial charge in [-0.05, 0) is 66.8 Å². The number of aliphatic hydroxyl groups excluding tert-OH is 1. The van der Waals surface area contributed by atoms with Gasteiger partial charge in [0.15, 0.2) is 11.5 Å². The fourth-order valence-corrected chi connectivity index (χ4v) is 5.38. The minimum Gasteiger partial charge on any atom is -0.507 e. The van der Waals surface area contributed by atoms with Crippen molar-refractivity contribution in [2.45, 2.75) is 51.7 Å². The van der Waals surface area contributed by atoms with E-state index in [4.69, 9.17) is 14.2 Å². The summed E-state index contributed by atoms with van der Waals surface area (Å²) in [6, 6.07) is 19.8. The zero-order valence-electron chi connectivity index (χ0n) is 23.2. The summed E-state index contributed by atoms with van der Waals surface area (Å²) in [5.41, 5.74) is 3.21. The smallest absolute Gasteiger partial charge is 0.295 e. The quantitative estimate of drug-likeness (QED) is 0.150. The van der Waals surface area contributed by atoms with Crippen molar-refractivity contribution < 1.29 is 28.9 Å². The Hall–Kier alpha value is -4.26. The van der Waals surface area contributed by atoms with Crippen molar-refractivity contribution in [2.75, 3.05) is 20.3 Å². The second-order valence-corrected chi connectivity index (χ2v) is 10.3. The molecule has 0 unspecified atom stereocenters. The Morgan fingerprint density at radius 3 is 2.60 bits per heavy atom. The Morgan fingerprint density at radius 2 is 1.85 bits per heavy atom. The van der Waals surface area contributed by atoms with Crippen LogP contribution in [0, 0.1) is 0 Å². The molecule has 7 heteroatoms. The number of aliphatic hydroxyl groups is 1. The fourth-order valence-electron chi connectivity index (χ4n) is 5.38. The van der Waals surface area contributed by atoms with Gasteiger partial charge in [0.05, 0.1) is 25.3 Å². The topological polar surface area (TPSA) is 85.3 Å². The average molecular weight is 542 g/mol. The van der Waals surface area contributed by atoms with E-state index in [-0.39, 0.29) is 17.4 Å². The van der Waals surface area contributed by atoms with Gasteiger partial charge in [0.1, 0.15) is 17.6 Å². The molecule has 3 aromatic rings. The van der Waals surface area contributed by atoms with E-state index in [1.165, 1.54) is 0 Å². The highest BCUT2D eigenvalue weighted by molar-refractivity contribution is 6.46. The Morgan fingerprint density at radius 1 is 1.05 bits per heavy atom. The first-order valence-electron chi connectivity index (χ1n) is 13.8. The molecule has 1 saturated heterocycles. The predicted molar refractivity (Wildman–Crippen MR) is 153 cm³/mol. The molecular weight excluding hydrogens is 506 g/mol. The van der Waals surface area contributed by atoms with E-state index in [1.807, 2.05) is 49.4 Å². The Kier molecular flexibility index (Phi) is 8.10. The van der Waals surface area contributed by atoms with Crippen molar-refractivity contribution in [1.29, 1.82) is 0 Å². The van der Waals surface area contributed by atoms with Crippen molar-refractivity contribution in [3.63, 3.8) is 0 Å². The summed E-state index contributed by atoms with van der Waals surface area (Å²) in [6.45, 7) is 4.95. The van der Waals surface area contributed by atoms with Crippen molar-refractivity contribution in [3.8, 4) is 17.2 Å². The molecule has 0 radical (unpaired) electrons. The van der Waals surface area contributed by atoms with Crippen molar-refractivity contribution in [1.82, 2.24) is 4.90 Å². The second kappa shape index (κ2) is 11.9. The zero-order valence-corrected chi connectivity index (χ0v) is 23.2. The lowest BCUT2D eigenvalue weighted by Crippen LogP contribution is -2.31. The number of ether oxygens (including phenoxy) is 3. The molecule has 0 spiro atoms. The molecule has 1 fully saturated rings. The van der Waals surface area contributed by atoms with Gasteiger partial charge in [-0.1, -0.05) is 49.7 Å². The minimum atomic E-state index is -0.786. The Labute approximate surface area is 235 Å². The first-order chi connectivity index (χ1) is 19.4. The van der Waals surface area contributed by atoms with Crippen LogP contribution in [0.5, 0.6) is 17.2 Å². The van der Waals surface area contributed by atoms with Gasteiger partial charge in [0, 0.05) is 18.5 Å². The molecule has 3 aromatic carbocycles. The molecule has 1 N–H and O–H groups in total. The molecule has 2 atom stereocenters. The first kappa shape index (κ1) is 27.3. The van der Waals surface area contributed by atoms with E-state index in [0.717, 1.165) is 29.7 Å². The molecule has 2 aliphatic rings. The fraction of sp³-hybridized carbons (Fsp3) is 0.333. The number of nitrogens with zero attached hydrogens (tertiary/aromatic N) is 1. The number of amides is 1. The van der Waals surface area contributed by atoms with Gasteiger partial charge in [-0.25, -0.2) is 0 Å². The van der Waals surface area contributed by atoms with E-state index in [2.05, 4.69) is 6.92 Å². The molecule has 1 amide bonds. The average Bonchev–Trinajstić information content (AvgIpc) is 3.47. The van der Waals surface area contributed by atoms with Gasteiger partial charge in [-0.2, -0.15) is 0 Å². The lowest BCUT2D eigenvalue weighted by molar-refractivity contribution is -0.139. The third-order valence-electron chi connectivity index (χ3n) is 7.45. The molecule has 7 nitrogen and oxygen atoms in total. The normalized spacial score (nSPS) is 19.4. The minimum absolute atomic E-state index is 0.0430. The maximum Gasteiger partial charge on any atom is 0.295 e. The van der Waals surface area contributed by atoms with Crippen LogP contribution in [-0.2, 0) is 22.4 Å². The van der Waals surface area contributed by atoms with Gasteiger partial charge in [0.25, 0.3) is 11.7 Å². The number of hydrogen-bond donors (Lipinski definition) is 1. The van der Waals surface area contributed by atoms with E-state index < -0.39 is 17.7 Å². The SMILES string of the molecule is CCCCOc1ccc([C@H]2/C(=C(\O)c3ccc4c(c3)C[C@@H](C)O4)C(=O)C(=O)N2CCc2ccccc2)cc1OC. The van der Waals surface area contributed by atoms with Gasteiger partial charge in [-0.15, -0.1) is 0 Å². The number of rotatable bonds is 10. The maximum absolute atomic E-state index is 13.5. The standard InChI is InChI=1S/C33H35NO6/c1-4-5-17-39-27-14-11-23(20-28(27)38-3)30-29(31(35)24-12-13-26-25(19-24)18-21(2)40-26)32(36)33(37)34(30)16-15-22-9-7-6-8-10-22/h6-14,19-21,30,35H,4-5,15-18H2,1-3H3/b31-29+/t21-,30+/m1/s1. The third-order valence-corrected chi connectivity index (χ3v) is 7.45. The number of Topliss-reactive ketones (excluding diaryl/α,β-unsaturated/α-hetero) is 1. The van der Waals surface area contributed by atoms with Crippen LogP contribution < -0.4 is 14.2 Å². The largest absolute Gasteiger partial charge is 0.507 e. The van der Waals surface area contributed by atoms with E-state index in [9.17, 15) is 14.7 Å². The number of carbonyl (C=O) groups excluding carboxylic acids is 2. The molecule has 2 aliphatic heterocycles. The lowest BCUT2D eigenvalue weighted by atomic mass is 9.94. The summed E-state index contributed by atoms with van der Waals surface area (Å²) in [4.78, 5) is 28.5. The Bertz CT molecular complexity index is 1430. The van der Waals surface area contributed by atoms with Crippen LogP contribution in [0.2, 0.25) is 0 Å². The number of fused-ring (bicyclic) bond motifs is 1. The molecule has 208 valence electrons. The van der Waals surface area contributed by atoms with Gasteiger partial charge < -0.3 is 24.2 Å². The third kappa shape index (κ3) is 5.41. The van der Waals surface area contributed by atoms with Gasteiger partial charge in [0.2, 0.25) is 0 Å². The second-order valence-electron chi connectivity index (χ2n) is 10.3. The predicted octanol–water partition coefficient (Wildman–Crippen LogP) is 5.86. The highest BCUT2D eigenvalue weighted by Gasteiger charge is 2.46. The molecule has 0 bridgehead atoms. The van der Waals surface area contributed by atoms with Crippen molar-refractivity contribution >= 4 is 17.4 Å². The summed E-state index contributed by atoms with van der Waals surface area (Å²) in [6.07, 6.45) is 3.23. The molecule has 0 saturated carbocycles. The van der Waals surface area contributed by atoms with Crippen LogP contribution in [0.25, 0.3) is 5.76 Å². The molecule has 0 aromatic heterocycles. The van der Waals surface area contributed by atoms with E-state index in [1.54, 1.807) is 36.3 Å². The first-order valence-corrected chi connectivity index (χ1v) is 13.8. The number of unbranched alkanes of at least 4 members (excludes halogenated alkanes) is 1. The van der Waals surface area contributed by atoms with Crippen LogP contribution in [0.4, 0.5) is 0 Å². The van der Waals surface area contributed by atoms with Gasteiger partial charge in [-0.3, -0.25) is 9.59 Å². The summed E-state index contributed by atoms with van der Waals surface area (Å²) < 4.78 is 17.3. The number of methoxy groups -OCH3 is 1. The number of benzene rings is 3. The molecular formula is C33H35NO6. The van der Waals surface area contributed by atoms with E-state index >= 15 is 0 Å². The monoisotopic (exact) mass is 541 g/mol. The maximum atomic E-state index is 13.5. The van der Waals surface area contributed by atoms with Crippen LogP contribution in [-0.4, -0.2) is 48.1 Å². The summed E-state index contributed by atoms with van der Waals surface area (Å²) in [5.74, 6) is 0.327. The summed E-state index contributed by atoms with van der Waals surface area (Å²) >= 11 is 0. The highest BCUT2D eigenvalue weighted by Crippen LogP contribution is 2.43. The molecule has 0 aliphatic carbocycles. The van der Waals surface area contributed by atoms with Gasteiger partial charge >= 0.3 is 0 Å². The number of likely N-dealkylation sites (tertiary alicyclic amines) is 1. The van der Waals surface area contributed by atoms with Crippen LogP contribution in [0.3, 0.4) is 0 Å². The molecule has 5 rings (SSSR count). The number of ketones is 1. The summed E-state index contributed by atoms with van der Waals surface area (Å²) in [7, 11) is 1.56. The Balaban J connectivity index is 1.57. The van der Waals surface area contributed by atoms with Crippen molar-refractivity contribution in [3.05, 3.63) is 94.6 Å². The lowest BCUT2D eigenvalue weighted by Gasteiger charge is -2.26. The van der Waals surface area contributed by atoms with E-state index in [0.29, 0.717) is 48.6 Å².